The Morgan fingerprint density at radius 1 is 1.24 bits per heavy atom. The molecule has 0 unspecified atom stereocenters. The van der Waals surface area contributed by atoms with Crippen molar-refractivity contribution in [1.29, 1.82) is 0 Å². The van der Waals surface area contributed by atoms with Crippen molar-refractivity contribution < 1.29 is 9.47 Å². The molecule has 108 valence electrons. The third-order valence-electron chi connectivity index (χ3n) is 4.51. The molecular formula is C17H18N2O2. The monoisotopic (exact) mass is 282 g/mol. The van der Waals surface area contributed by atoms with Crippen LogP contribution in [0.5, 0.6) is 5.75 Å². The molecule has 0 spiro atoms. The van der Waals surface area contributed by atoms with Crippen LogP contribution in [0.15, 0.2) is 42.7 Å². The Kier molecular flexibility index (Phi) is 3.04. The van der Waals surface area contributed by atoms with Crippen molar-refractivity contribution in [2.45, 2.75) is 18.6 Å². The lowest BCUT2D eigenvalue weighted by Gasteiger charge is -2.36. The number of methoxy groups -OCH3 is 1. The molecule has 2 aliphatic rings. The molecular weight excluding hydrogens is 264 g/mol. The number of rotatable bonds is 2. The lowest BCUT2D eigenvalue weighted by atomic mass is 9.81. The second-order valence-corrected chi connectivity index (χ2v) is 5.60. The standard InChI is InChI=1S/C17H18N2O2/c1-20-12-2-3-15-14(10-12)17-13(6-9-21-17)16(19-15)11-4-7-18-8-5-11/h2-5,7-8,10,13,16-17,19H,6,9H2,1H3/t13-,16-,17+/m1/s1. The molecule has 1 aromatic carbocycles. The molecule has 4 heteroatoms. The van der Waals surface area contributed by atoms with Gasteiger partial charge in [-0.2, -0.15) is 0 Å². The Morgan fingerprint density at radius 3 is 2.90 bits per heavy atom. The summed E-state index contributed by atoms with van der Waals surface area (Å²) in [6, 6.07) is 10.6. The molecule has 3 heterocycles. The third kappa shape index (κ3) is 2.07. The zero-order valence-corrected chi connectivity index (χ0v) is 12.0. The number of ether oxygens (including phenoxy) is 2. The SMILES string of the molecule is COc1ccc2c(c1)[C@H]1OCC[C@@H]1[C@@H](c1ccncc1)N2. The minimum absolute atomic E-state index is 0.148. The van der Waals surface area contributed by atoms with Crippen molar-refractivity contribution in [2.75, 3.05) is 19.0 Å². The maximum absolute atomic E-state index is 6.02. The highest BCUT2D eigenvalue weighted by Gasteiger charge is 2.41. The van der Waals surface area contributed by atoms with Crippen LogP contribution in [0.2, 0.25) is 0 Å². The Balaban J connectivity index is 1.77. The van der Waals surface area contributed by atoms with Crippen LogP contribution in [0, 0.1) is 5.92 Å². The number of anilines is 1. The van der Waals surface area contributed by atoms with E-state index < -0.39 is 0 Å². The number of benzene rings is 1. The lowest BCUT2D eigenvalue weighted by Crippen LogP contribution is -2.29. The van der Waals surface area contributed by atoms with E-state index in [9.17, 15) is 0 Å². The number of hydrogen-bond acceptors (Lipinski definition) is 4. The number of hydrogen-bond donors (Lipinski definition) is 1. The van der Waals surface area contributed by atoms with Gasteiger partial charge in [-0.1, -0.05) is 0 Å². The summed E-state index contributed by atoms with van der Waals surface area (Å²) in [6.07, 6.45) is 4.92. The average Bonchev–Trinajstić information content (AvgIpc) is 3.04. The van der Waals surface area contributed by atoms with Gasteiger partial charge in [-0.25, -0.2) is 0 Å². The van der Waals surface area contributed by atoms with E-state index in [2.05, 4.69) is 34.6 Å². The molecule has 0 amide bonds. The largest absolute Gasteiger partial charge is 0.497 e. The second-order valence-electron chi connectivity index (χ2n) is 5.60. The second kappa shape index (κ2) is 5.04. The van der Waals surface area contributed by atoms with E-state index >= 15 is 0 Å². The third-order valence-corrected chi connectivity index (χ3v) is 4.51. The van der Waals surface area contributed by atoms with E-state index in [0.717, 1.165) is 24.5 Å². The molecule has 0 bridgehead atoms. The van der Waals surface area contributed by atoms with Crippen molar-refractivity contribution in [1.82, 2.24) is 4.98 Å². The summed E-state index contributed by atoms with van der Waals surface area (Å²) in [5.41, 5.74) is 3.62. The molecule has 1 aromatic heterocycles. The smallest absolute Gasteiger partial charge is 0.119 e. The first-order valence-corrected chi connectivity index (χ1v) is 7.33. The van der Waals surface area contributed by atoms with E-state index in [-0.39, 0.29) is 12.1 Å². The molecule has 4 nitrogen and oxygen atoms in total. The Hall–Kier alpha value is -2.07. The van der Waals surface area contributed by atoms with Crippen LogP contribution in [0.25, 0.3) is 0 Å². The van der Waals surface area contributed by atoms with Crippen LogP contribution in [-0.4, -0.2) is 18.7 Å². The highest BCUT2D eigenvalue weighted by molar-refractivity contribution is 5.59. The fraction of sp³-hybridized carbons (Fsp3) is 0.353. The van der Waals surface area contributed by atoms with E-state index in [1.54, 1.807) is 7.11 Å². The summed E-state index contributed by atoms with van der Waals surface area (Å²) in [7, 11) is 1.70. The van der Waals surface area contributed by atoms with Crippen molar-refractivity contribution in [3.05, 3.63) is 53.9 Å². The summed E-state index contributed by atoms with van der Waals surface area (Å²) >= 11 is 0. The highest BCUT2D eigenvalue weighted by Crippen LogP contribution is 2.50. The van der Waals surface area contributed by atoms with Crippen molar-refractivity contribution in [2.24, 2.45) is 5.92 Å². The molecule has 3 atom stereocenters. The van der Waals surface area contributed by atoms with E-state index in [1.807, 2.05) is 18.5 Å². The van der Waals surface area contributed by atoms with Crippen LogP contribution >= 0.6 is 0 Å². The van der Waals surface area contributed by atoms with Crippen molar-refractivity contribution in [3.63, 3.8) is 0 Å². The van der Waals surface area contributed by atoms with E-state index in [1.165, 1.54) is 11.1 Å². The number of pyridine rings is 1. The van der Waals surface area contributed by atoms with Gasteiger partial charge in [-0.15, -0.1) is 0 Å². The fourth-order valence-corrected chi connectivity index (χ4v) is 3.48. The highest BCUT2D eigenvalue weighted by atomic mass is 16.5. The van der Waals surface area contributed by atoms with Crippen molar-refractivity contribution in [3.8, 4) is 5.75 Å². The van der Waals surface area contributed by atoms with Gasteiger partial charge in [-0.3, -0.25) is 4.98 Å². The fourth-order valence-electron chi connectivity index (χ4n) is 3.48. The first-order chi connectivity index (χ1) is 10.4. The summed E-state index contributed by atoms with van der Waals surface area (Å²) < 4.78 is 11.4. The predicted molar refractivity (Wildman–Crippen MR) is 80.4 cm³/mol. The average molecular weight is 282 g/mol. The zero-order valence-electron chi connectivity index (χ0n) is 12.0. The van der Waals surface area contributed by atoms with Crippen molar-refractivity contribution >= 4 is 5.69 Å². The zero-order chi connectivity index (χ0) is 14.2. The Morgan fingerprint density at radius 2 is 2.10 bits per heavy atom. The Bertz CT molecular complexity index is 644. The van der Waals surface area contributed by atoms with Crippen LogP contribution in [0.3, 0.4) is 0 Å². The summed E-state index contributed by atoms with van der Waals surface area (Å²) in [6.45, 7) is 0.815. The minimum Gasteiger partial charge on any atom is -0.497 e. The summed E-state index contributed by atoms with van der Waals surface area (Å²) in [4.78, 5) is 4.12. The number of aromatic nitrogens is 1. The first-order valence-electron chi connectivity index (χ1n) is 7.33. The molecule has 1 saturated heterocycles. The molecule has 2 aliphatic heterocycles. The number of nitrogens with one attached hydrogen (secondary N) is 1. The molecule has 21 heavy (non-hydrogen) atoms. The van der Waals surface area contributed by atoms with Gasteiger partial charge in [-0.05, 0) is 42.3 Å². The summed E-state index contributed by atoms with van der Waals surface area (Å²) in [5, 5.41) is 3.67. The van der Waals surface area contributed by atoms with Gasteiger partial charge in [0.1, 0.15) is 5.75 Å². The Labute approximate surface area is 124 Å². The van der Waals surface area contributed by atoms with Gasteiger partial charge < -0.3 is 14.8 Å². The number of fused-ring (bicyclic) bond motifs is 3. The maximum atomic E-state index is 6.02. The molecule has 2 aromatic rings. The van der Waals surface area contributed by atoms with E-state index in [0.29, 0.717) is 5.92 Å². The van der Waals surface area contributed by atoms with E-state index in [4.69, 9.17) is 9.47 Å². The van der Waals surface area contributed by atoms with Crippen LogP contribution in [-0.2, 0) is 4.74 Å². The maximum Gasteiger partial charge on any atom is 0.119 e. The predicted octanol–water partition coefficient (Wildman–Crippen LogP) is 3.33. The van der Waals surface area contributed by atoms with Crippen LogP contribution in [0.4, 0.5) is 5.69 Å². The van der Waals surface area contributed by atoms with Gasteiger partial charge in [0, 0.05) is 36.2 Å². The van der Waals surface area contributed by atoms with Gasteiger partial charge >= 0.3 is 0 Å². The molecule has 1 fully saturated rings. The normalized spacial score (nSPS) is 26.6. The quantitative estimate of drug-likeness (QED) is 0.917. The lowest BCUT2D eigenvalue weighted by molar-refractivity contribution is 0.0827. The molecule has 0 radical (unpaired) electrons. The van der Waals surface area contributed by atoms with Gasteiger partial charge in [0.2, 0.25) is 0 Å². The molecule has 0 saturated carbocycles. The van der Waals surface area contributed by atoms with Gasteiger partial charge in [0.25, 0.3) is 0 Å². The van der Waals surface area contributed by atoms with Gasteiger partial charge in [0.15, 0.2) is 0 Å². The number of nitrogens with zero attached hydrogens (tertiary/aromatic N) is 1. The summed E-state index contributed by atoms with van der Waals surface area (Å²) in [5.74, 6) is 1.33. The molecule has 0 aliphatic carbocycles. The minimum atomic E-state index is 0.148. The molecule has 1 N–H and O–H groups in total. The van der Waals surface area contributed by atoms with Crippen LogP contribution in [0.1, 0.15) is 29.7 Å². The molecule has 4 rings (SSSR count). The van der Waals surface area contributed by atoms with Crippen LogP contribution < -0.4 is 10.1 Å². The first kappa shape index (κ1) is 12.7. The topological polar surface area (TPSA) is 43.4 Å². The van der Waals surface area contributed by atoms with Gasteiger partial charge in [0.05, 0.1) is 19.3 Å².